The molecule has 1 unspecified atom stereocenters. The number of carbonyl (C=O) groups excluding carboxylic acids is 2. The Balaban J connectivity index is 1.77. The molecule has 2 aliphatic heterocycles. The first-order chi connectivity index (χ1) is 8.63. The fourth-order valence-corrected chi connectivity index (χ4v) is 2.66. The van der Waals surface area contributed by atoms with Crippen molar-refractivity contribution in [1.29, 1.82) is 0 Å². The lowest BCUT2D eigenvalue weighted by molar-refractivity contribution is -0.137. The van der Waals surface area contributed by atoms with Crippen molar-refractivity contribution in [3.8, 4) is 5.75 Å². The number of phenols is 1. The number of imide groups is 1. The molecular weight excluding hydrogens is 232 g/mol. The maximum Gasteiger partial charge on any atom is 0.243 e. The maximum atomic E-state index is 11.8. The van der Waals surface area contributed by atoms with E-state index in [1.54, 1.807) is 12.1 Å². The standard InChI is InChI=1S/C13H14N2O3/c16-10-2-1-8-6-15(7-9(8)5-10)11-3-4-12(17)14-13(11)18/h1-2,5,11,16H,3-4,6-7H2,(H,14,17,18). The number of fused-ring (bicyclic) bond motifs is 1. The molecular formula is C13H14N2O3. The first-order valence-electron chi connectivity index (χ1n) is 6.02. The molecule has 94 valence electrons. The number of nitrogens with zero attached hydrogens (tertiary/aromatic N) is 1. The van der Waals surface area contributed by atoms with Gasteiger partial charge in [-0.1, -0.05) is 6.07 Å². The Morgan fingerprint density at radius 2 is 2.00 bits per heavy atom. The molecule has 1 saturated heterocycles. The van der Waals surface area contributed by atoms with Crippen LogP contribution in [-0.4, -0.2) is 27.9 Å². The predicted octanol–water partition coefficient (Wildman–Crippen LogP) is 0.513. The van der Waals surface area contributed by atoms with E-state index in [2.05, 4.69) is 5.32 Å². The Morgan fingerprint density at radius 3 is 2.78 bits per heavy atom. The van der Waals surface area contributed by atoms with E-state index in [-0.39, 0.29) is 23.6 Å². The Labute approximate surface area is 104 Å². The Kier molecular flexibility index (Phi) is 2.56. The molecule has 1 aromatic rings. The Bertz CT molecular complexity index is 527. The molecule has 3 rings (SSSR count). The number of rotatable bonds is 1. The number of carbonyl (C=O) groups is 2. The van der Waals surface area contributed by atoms with Gasteiger partial charge in [-0.05, 0) is 29.7 Å². The zero-order chi connectivity index (χ0) is 12.7. The average Bonchev–Trinajstić information content (AvgIpc) is 2.71. The van der Waals surface area contributed by atoms with Gasteiger partial charge < -0.3 is 5.11 Å². The number of aromatic hydroxyl groups is 1. The lowest BCUT2D eigenvalue weighted by atomic mass is 10.0. The minimum absolute atomic E-state index is 0.189. The first-order valence-corrected chi connectivity index (χ1v) is 6.02. The summed E-state index contributed by atoms with van der Waals surface area (Å²) in [6, 6.07) is 5.04. The van der Waals surface area contributed by atoms with Crippen molar-refractivity contribution in [2.45, 2.75) is 32.0 Å². The third-order valence-corrected chi connectivity index (χ3v) is 3.59. The van der Waals surface area contributed by atoms with Gasteiger partial charge in [0.05, 0.1) is 6.04 Å². The Morgan fingerprint density at radius 1 is 1.22 bits per heavy atom. The van der Waals surface area contributed by atoms with Gasteiger partial charge in [0, 0.05) is 19.5 Å². The fourth-order valence-electron chi connectivity index (χ4n) is 2.66. The van der Waals surface area contributed by atoms with E-state index < -0.39 is 0 Å². The maximum absolute atomic E-state index is 11.8. The minimum atomic E-state index is -0.239. The molecule has 2 N–H and O–H groups in total. The molecule has 18 heavy (non-hydrogen) atoms. The van der Waals surface area contributed by atoms with Crippen LogP contribution in [0.3, 0.4) is 0 Å². The Hall–Kier alpha value is -1.88. The number of phenolic OH excluding ortho intramolecular Hbond substituents is 1. The highest BCUT2D eigenvalue weighted by Crippen LogP contribution is 2.29. The third-order valence-electron chi connectivity index (χ3n) is 3.59. The zero-order valence-electron chi connectivity index (χ0n) is 9.85. The first kappa shape index (κ1) is 11.2. The highest BCUT2D eigenvalue weighted by Gasteiger charge is 2.34. The lowest BCUT2D eigenvalue weighted by Gasteiger charge is -2.29. The van der Waals surface area contributed by atoms with E-state index in [9.17, 15) is 14.7 Å². The van der Waals surface area contributed by atoms with Crippen molar-refractivity contribution in [1.82, 2.24) is 10.2 Å². The summed E-state index contributed by atoms with van der Waals surface area (Å²) in [5, 5.41) is 11.8. The number of benzene rings is 1. The number of hydrogen-bond acceptors (Lipinski definition) is 4. The molecule has 2 amide bonds. The summed E-state index contributed by atoms with van der Waals surface area (Å²) < 4.78 is 0. The fraction of sp³-hybridized carbons (Fsp3) is 0.385. The van der Waals surface area contributed by atoms with Crippen molar-refractivity contribution < 1.29 is 14.7 Å². The monoisotopic (exact) mass is 246 g/mol. The molecule has 0 saturated carbocycles. The van der Waals surface area contributed by atoms with Crippen molar-refractivity contribution in [2.75, 3.05) is 0 Å². The molecule has 2 heterocycles. The third kappa shape index (κ3) is 1.86. The minimum Gasteiger partial charge on any atom is -0.508 e. The highest BCUT2D eigenvalue weighted by molar-refractivity contribution is 6.00. The van der Waals surface area contributed by atoms with Gasteiger partial charge in [-0.25, -0.2) is 0 Å². The lowest BCUT2D eigenvalue weighted by Crippen LogP contribution is -2.50. The second-order valence-electron chi connectivity index (χ2n) is 4.82. The summed E-state index contributed by atoms with van der Waals surface area (Å²) in [6.07, 6.45) is 0.971. The summed E-state index contributed by atoms with van der Waals surface area (Å²) in [5.41, 5.74) is 2.19. The van der Waals surface area contributed by atoms with Gasteiger partial charge in [0.15, 0.2) is 0 Å². The molecule has 1 fully saturated rings. The van der Waals surface area contributed by atoms with Crippen LogP contribution < -0.4 is 5.32 Å². The number of amides is 2. The van der Waals surface area contributed by atoms with E-state index in [4.69, 9.17) is 0 Å². The largest absolute Gasteiger partial charge is 0.508 e. The van der Waals surface area contributed by atoms with E-state index in [1.165, 1.54) is 0 Å². The van der Waals surface area contributed by atoms with Gasteiger partial charge in [0.25, 0.3) is 0 Å². The second kappa shape index (κ2) is 4.10. The molecule has 1 atom stereocenters. The van der Waals surface area contributed by atoms with Crippen LogP contribution in [0.5, 0.6) is 5.75 Å². The van der Waals surface area contributed by atoms with Gasteiger partial charge in [-0.3, -0.25) is 19.8 Å². The van der Waals surface area contributed by atoms with Crippen molar-refractivity contribution in [3.05, 3.63) is 29.3 Å². The van der Waals surface area contributed by atoms with Crippen LogP contribution in [0, 0.1) is 0 Å². The van der Waals surface area contributed by atoms with Crippen LogP contribution in [0.1, 0.15) is 24.0 Å². The van der Waals surface area contributed by atoms with Crippen LogP contribution >= 0.6 is 0 Å². The van der Waals surface area contributed by atoms with Gasteiger partial charge >= 0.3 is 0 Å². The van der Waals surface area contributed by atoms with Crippen molar-refractivity contribution in [3.63, 3.8) is 0 Å². The average molecular weight is 246 g/mol. The summed E-state index contributed by atoms with van der Waals surface area (Å²) in [7, 11) is 0. The molecule has 0 radical (unpaired) electrons. The van der Waals surface area contributed by atoms with E-state index in [1.807, 2.05) is 11.0 Å². The van der Waals surface area contributed by atoms with Gasteiger partial charge in [0.1, 0.15) is 5.75 Å². The second-order valence-corrected chi connectivity index (χ2v) is 4.82. The van der Waals surface area contributed by atoms with Crippen LogP contribution in [0.15, 0.2) is 18.2 Å². The van der Waals surface area contributed by atoms with Gasteiger partial charge in [-0.2, -0.15) is 0 Å². The smallest absolute Gasteiger partial charge is 0.243 e. The summed E-state index contributed by atoms with van der Waals surface area (Å²) in [6.45, 7) is 1.35. The topological polar surface area (TPSA) is 69.6 Å². The molecule has 5 heteroatoms. The quantitative estimate of drug-likeness (QED) is 0.708. The zero-order valence-corrected chi connectivity index (χ0v) is 9.85. The normalized spacial score (nSPS) is 23.9. The molecule has 0 bridgehead atoms. The van der Waals surface area contributed by atoms with Crippen LogP contribution in [0.2, 0.25) is 0 Å². The van der Waals surface area contributed by atoms with E-state index in [0.29, 0.717) is 25.9 Å². The predicted molar refractivity (Wildman–Crippen MR) is 63.5 cm³/mol. The molecule has 5 nitrogen and oxygen atoms in total. The SMILES string of the molecule is O=C1CCC(N2Cc3ccc(O)cc3C2)C(=O)N1. The molecule has 0 aromatic heterocycles. The number of hydrogen-bond donors (Lipinski definition) is 2. The van der Waals surface area contributed by atoms with Gasteiger partial charge in [-0.15, -0.1) is 0 Å². The van der Waals surface area contributed by atoms with Gasteiger partial charge in [0.2, 0.25) is 11.8 Å². The molecule has 0 spiro atoms. The number of nitrogens with one attached hydrogen (secondary N) is 1. The summed E-state index contributed by atoms with van der Waals surface area (Å²) in [4.78, 5) is 24.9. The van der Waals surface area contributed by atoms with Crippen LogP contribution in [0.4, 0.5) is 0 Å². The summed E-state index contributed by atoms with van der Waals surface area (Å²) in [5.74, 6) is -0.146. The molecule has 2 aliphatic rings. The van der Waals surface area contributed by atoms with Crippen LogP contribution in [-0.2, 0) is 22.7 Å². The van der Waals surface area contributed by atoms with E-state index >= 15 is 0 Å². The van der Waals surface area contributed by atoms with E-state index in [0.717, 1.165) is 11.1 Å². The van der Waals surface area contributed by atoms with Crippen molar-refractivity contribution in [2.24, 2.45) is 0 Å². The molecule has 0 aliphatic carbocycles. The highest BCUT2D eigenvalue weighted by atomic mass is 16.3. The van der Waals surface area contributed by atoms with Crippen LogP contribution in [0.25, 0.3) is 0 Å². The number of piperidine rings is 1. The molecule has 1 aromatic carbocycles. The van der Waals surface area contributed by atoms with Crippen molar-refractivity contribution >= 4 is 11.8 Å². The summed E-state index contributed by atoms with van der Waals surface area (Å²) >= 11 is 0.